The van der Waals surface area contributed by atoms with Gasteiger partial charge in [0, 0.05) is 44.6 Å². The number of carboxylic acid groups (broad SMARTS) is 1. The molecule has 1 aromatic carbocycles. The van der Waals surface area contributed by atoms with Crippen LogP contribution in [0.25, 0.3) is 16.6 Å². The van der Waals surface area contributed by atoms with Gasteiger partial charge >= 0.3 is 12.1 Å². The number of aliphatic carboxylic acids is 1. The molecule has 5 rings (SSSR count). The van der Waals surface area contributed by atoms with E-state index in [1.165, 1.54) is 12.1 Å². The highest BCUT2D eigenvalue weighted by Gasteiger charge is 2.38. The van der Waals surface area contributed by atoms with E-state index >= 15 is 0 Å². The Morgan fingerprint density at radius 2 is 1.76 bits per heavy atom. The highest BCUT2D eigenvalue weighted by molar-refractivity contribution is 5.93. The number of fused-ring (bicyclic) bond motifs is 1. The van der Waals surface area contributed by atoms with Crippen LogP contribution < -0.4 is 0 Å². The van der Waals surface area contributed by atoms with E-state index in [1.54, 1.807) is 10.6 Å². The summed E-state index contributed by atoms with van der Waals surface area (Å²) in [5, 5.41) is 15.9. The molecule has 1 aliphatic heterocycles. The third-order valence-corrected chi connectivity index (χ3v) is 6.25. The van der Waals surface area contributed by atoms with Crippen LogP contribution in [0.1, 0.15) is 22.2 Å². The first-order valence-corrected chi connectivity index (χ1v) is 11.5. The van der Waals surface area contributed by atoms with Crippen LogP contribution in [0.5, 0.6) is 0 Å². The van der Waals surface area contributed by atoms with E-state index in [1.807, 2.05) is 66.3 Å². The van der Waals surface area contributed by atoms with E-state index in [4.69, 9.17) is 9.90 Å². The Bertz CT molecular complexity index is 1460. The van der Waals surface area contributed by atoms with Gasteiger partial charge in [0.2, 0.25) is 0 Å². The van der Waals surface area contributed by atoms with Crippen LogP contribution in [0, 0.1) is 5.82 Å². The van der Waals surface area contributed by atoms with E-state index in [9.17, 15) is 22.4 Å². The molecule has 0 radical (unpaired) electrons. The zero-order valence-electron chi connectivity index (χ0n) is 20.4. The minimum atomic E-state index is -5.08. The molecule has 4 aromatic rings. The van der Waals surface area contributed by atoms with Crippen molar-refractivity contribution in [2.24, 2.45) is 7.05 Å². The number of amides is 1. The van der Waals surface area contributed by atoms with Crippen LogP contribution in [-0.4, -0.2) is 79.0 Å². The number of aromatic nitrogens is 4. The molecule has 1 saturated heterocycles. The van der Waals surface area contributed by atoms with Gasteiger partial charge in [-0.2, -0.15) is 13.2 Å². The quantitative estimate of drug-likeness (QED) is 0.405. The topological polar surface area (TPSA) is 96.0 Å². The molecule has 0 saturated carbocycles. The molecule has 9 nitrogen and oxygen atoms in total. The number of nitrogens with zero attached hydrogens (tertiary/aromatic N) is 6. The highest BCUT2D eigenvalue weighted by Crippen LogP contribution is 2.28. The van der Waals surface area contributed by atoms with Crippen molar-refractivity contribution in [2.75, 3.05) is 26.7 Å². The van der Waals surface area contributed by atoms with Gasteiger partial charge in [0.15, 0.2) is 0 Å². The van der Waals surface area contributed by atoms with Gasteiger partial charge in [0.25, 0.3) is 5.91 Å². The standard InChI is InChI=1S/C23H23FN6O.C2HF3O2/c1-27-10-4-7-20(27)23(31)29-12-11-28(2)21(15-29)22-19-9-8-17(14-30(19)26-25-22)16-5-3-6-18(24)13-16;3-2(4,5)1(6)7/h3-10,13-14,21H,11-12,15H2,1-2H3;(H,6,7). The number of likely N-dealkylation sites (N-methyl/N-ethyl adjacent to an activating group) is 1. The number of hydrogen-bond donors (Lipinski definition) is 1. The number of alkyl halides is 3. The van der Waals surface area contributed by atoms with Crippen LogP contribution in [0.3, 0.4) is 0 Å². The molecule has 1 amide bonds. The Labute approximate surface area is 214 Å². The van der Waals surface area contributed by atoms with Gasteiger partial charge < -0.3 is 14.6 Å². The van der Waals surface area contributed by atoms with E-state index in [2.05, 4.69) is 15.2 Å². The molecular formula is C25H24F4N6O3. The lowest BCUT2D eigenvalue weighted by Gasteiger charge is -2.38. The molecule has 38 heavy (non-hydrogen) atoms. The second kappa shape index (κ2) is 10.6. The van der Waals surface area contributed by atoms with E-state index in [-0.39, 0.29) is 17.8 Å². The summed E-state index contributed by atoms with van der Waals surface area (Å²) in [7, 11) is 3.92. The maximum absolute atomic E-state index is 13.6. The van der Waals surface area contributed by atoms with E-state index in [0.717, 1.165) is 28.9 Å². The second-order valence-electron chi connectivity index (χ2n) is 8.79. The highest BCUT2D eigenvalue weighted by atomic mass is 19.4. The molecule has 1 fully saturated rings. The van der Waals surface area contributed by atoms with Gasteiger partial charge in [-0.05, 0) is 42.9 Å². The zero-order valence-corrected chi connectivity index (χ0v) is 20.4. The largest absolute Gasteiger partial charge is 0.490 e. The molecule has 1 unspecified atom stereocenters. The number of halogens is 4. The van der Waals surface area contributed by atoms with Crippen LogP contribution in [0.4, 0.5) is 17.6 Å². The molecule has 1 atom stereocenters. The average molecular weight is 532 g/mol. The van der Waals surface area contributed by atoms with Crippen LogP contribution in [0.2, 0.25) is 0 Å². The fourth-order valence-corrected chi connectivity index (χ4v) is 4.19. The smallest absolute Gasteiger partial charge is 0.475 e. The monoisotopic (exact) mass is 532 g/mol. The third kappa shape index (κ3) is 5.67. The Morgan fingerprint density at radius 3 is 2.39 bits per heavy atom. The minimum absolute atomic E-state index is 0.0236. The summed E-state index contributed by atoms with van der Waals surface area (Å²) in [6.45, 7) is 1.96. The van der Waals surface area contributed by atoms with Crippen LogP contribution in [0.15, 0.2) is 60.9 Å². The molecule has 200 valence electrons. The number of benzene rings is 1. The Morgan fingerprint density at radius 1 is 1.03 bits per heavy atom. The number of pyridine rings is 1. The van der Waals surface area contributed by atoms with Crippen LogP contribution >= 0.6 is 0 Å². The van der Waals surface area contributed by atoms with Crippen molar-refractivity contribution in [1.82, 2.24) is 29.2 Å². The van der Waals surface area contributed by atoms with Gasteiger partial charge in [-0.3, -0.25) is 9.69 Å². The number of carbonyl (C=O) groups is 2. The van der Waals surface area contributed by atoms with Crippen molar-refractivity contribution in [3.8, 4) is 11.1 Å². The van der Waals surface area contributed by atoms with Crippen molar-refractivity contribution < 1.29 is 32.3 Å². The molecule has 0 aliphatic carbocycles. The first kappa shape index (κ1) is 26.8. The minimum Gasteiger partial charge on any atom is -0.475 e. The van der Waals surface area contributed by atoms with Gasteiger partial charge in [-0.25, -0.2) is 13.7 Å². The second-order valence-corrected chi connectivity index (χ2v) is 8.79. The first-order valence-electron chi connectivity index (χ1n) is 11.5. The number of carboxylic acids is 1. The first-order chi connectivity index (χ1) is 18.0. The number of rotatable bonds is 3. The normalized spacial score (nSPS) is 16.3. The molecule has 3 aromatic heterocycles. The van der Waals surface area contributed by atoms with Crippen molar-refractivity contribution in [1.29, 1.82) is 0 Å². The Balaban J connectivity index is 0.000000426. The van der Waals surface area contributed by atoms with Crippen molar-refractivity contribution in [3.05, 3.63) is 78.1 Å². The lowest BCUT2D eigenvalue weighted by atomic mass is 10.1. The van der Waals surface area contributed by atoms with Gasteiger partial charge in [-0.1, -0.05) is 23.4 Å². The van der Waals surface area contributed by atoms with E-state index in [0.29, 0.717) is 18.8 Å². The van der Waals surface area contributed by atoms with Crippen molar-refractivity contribution in [2.45, 2.75) is 12.2 Å². The third-order valence-electron chi connectivity index (χ3n) is 6.25. The molecule has 0 bridgehead atoms. The number of aryl methyl sites for hydroxylation is 1. The SMILES string of the molecule is CN1CCN(C(=O)c2cccn2C)CC1c1nnn2cc(-c3cccc(F)c3)ccc12.O=C(O)C(F)(F)F. The summed E-state index contributed by atoms with van der Waals surface area (Å²) < 4.78 is 48.9. The predicted octanol–water partition coefficient (Wildman–Crippen LogP) is 3.64. The number of carbonyl (C=O) groups excluding carboxylic acids is 1. The molecule has 1 N–H and O–H groups in total. The fourth-order valence-electron chi connectivity index (χ4n) is 4.19. The summed E-state index contributed by atoms with van der Waals surface area (Å²) in [6, 6.07) is 14.1. The maximum Gasteiger partial charge on any atom is 0.490 e. The summed E-state index contributed by atoms with van der Waals surface area (Å²) in [5.41, 5.74) is 4.03. The number of piperazine rings is 1. The van der Waals surface area contributed by atoms with Gasteiger partial charge in [0.05, 0.1) is 11.6 Å². The summed E-state index contributed by atoms with van der Waals surface area (Å²) in [6.07, 6.45) is -1.35. The zero-order chi connectivity index (χ0) is 27.6. The predicted molar refractivity (Wildman–Crippen MR) is 129 cm³/mol. The maximum atomic E-state index is 13.6. The molecule has 0 spiro atoms. The Kier molecular flexibility index (Phi) is 7.49. The molecule has 1 aliphatic rings. The number of hydrogen-bond acceptors (Lipinski definition) is 5. The Hall–Kier alpha value is -4.26. The molecular weight excluding hydrogens is 508 g/mol. The lowest BCUT2D eigenvalue weighted by Crippen LogP contribution is -2.49. The van der Waals surface area contributed by atoms with Crippen molar-refractivity contribution >= 4 is 17.4 Å². The molecule has 4 heterocycles. The molecule has 13 heteroatoms. The average Bonchev–Trinajstić information content (AvgIpc) is 3.49. The lowest BCUT2D eigenvalue weighted by molar-refractivity contribution is -0.192. The van der Waals surface area contributed by atoms with Crippen molar-refractivity contribution in [3.63, 3.8) is 0 Å². The summed E-state index contributed by atoms with van der Waals surface area (Å²) in [4.78, 5) is 26.0. The summed E-state index contributed by atoms with van der Waals surface area (Å²) in [5.74, 6) is -3.01. The van der Waals surface area contributed by atoms with Crippen LogP contribution in [-0.2, 0) is 11.8 Å². The van der Waals surface area contributed by atoms with E-state index < -0.39 is 12.1 Å². The summed E-state index contributed by atoms with van der Waals surface area (Å²) >= 11 is 0. The van der Waals surface area contributed by atoms with Gasteiger partial charge in [0.1, 0.15) is 17.2 Å². The van der Waals surface area contributed by atoms with Gasteiger partial charge in [-0.15, -0.1) is 5.10 Å². The fraction of sp³-hybridized carbons (Fsp3) is 0.280.